The fourth-order valence-electron chi connectivity index (χ4n) is 3.95. The number of hydrogen-bond acceptors (Lipinski definition) is 3. The number of piperidine rings is 1. The summed E-state index contributed by atoms with van der Waals surface area (Å²) < 4.78 is 39.4. The normalized spacial score (nSPS) is 18.1. The number of nitrogens with one attached hydrogen (secondary N) is 2. The zero-order valence-corrected chi connectivity index (χ0v) is 16.0. The molecule has 4 aromatic rings. The topological polar surface area (TPSA) is 60.6 Å². The summed E-state index contributed by atoms with van der Waals surface area (Å²) >= 11 is 6.11. The Bertz CT molecular complexity index is 1200. The number of halogens is 4. The van der Waals surface area contributed by atoms with E-state index in [4.69, 9.17) is 11.6 Å². The van der Waals surface area contributed by atoms with Gasteiger partial charge in [-0.1, -0.05) is 11.6 Å². The van der Waals surface area contributed by atoms with Gasteiger partial charge >= 0.3 is 6.18 Å². The third kappa shape index (κ3) is 3.31. The van der Waals surface area contributed by atoms with Crippen molar-refractivity contribution in [3.8, 4) is 11.5 Å². The molecule has 1 aliphatic rings. The van der Waals surface area contributed by atoms with Crippen molar-refractivity contribution in [2.45, 2.75) is 19.0 Å². The molecule has 3 heterocycles. The number of fused-ring (bicyclic) bond motifs is 2. The number of imidazole rings is 1. The molecule has 1 saturated heterocycles. The molecule has 2 aromatic heterocycles. The van der Waals surface area contributed by atoms with E-state index in [0.717, 1.165) is 27.6 Å². The highest BCUT2D eigenvalue weighted by Crippen LogP contribution is 2.36. The first-order valence-corrected chi connectivity index (χ1v) is 9.72. The lowest BCUT2D eigenvalue weighted by atomic mass is 9.97. The van der Waals surface area contributed by atoms with Crippen LogP contribution in [0.5, 0.6) is 0 Å². The molecule has 0 bridgehead atoms. The first-order valence-electron chi connectivity index (χ1n) is 9.34. The lowest BCUT2D eigenvalue weighted by Gasteiger charge is -2.35. The van der Waals surface area contributed by atoms with Crippen molar-refractivity contribution in [1.29, 1.82) is 0 Å². The van der Waals surface area contributed by atoms with Gasteiger partial charge in [0.2, 0.25) is 0 Å². The molecule has 0 saturated carbocycles. The second kappa shape index (κ2) is 6.66. The van der Waals surface area contributed by atoms with E-state index in [1.807, 2.05) is 30.3 Å². The Balaban J connectivity index is 1.49. The van der Waals surface area contributed by atoms with Crippen molar-refractivity contribution in [3.63, 3.8) is 0 Å². The average molecular weight is 420 g/mol. The molecule has 0 radical (unpaired) electrons. The molecular formula is C20H17ClF3N5. The fraction of sp³-hybridized carbons (Fsp3) is 0.300. The molecule has 1 fully saturated rings. The van der Waals surface area contributed by atoms with Crippen LogP contribution in [0.2, 0.25) is 5.02 Å². The number of benzene rings is 2. The molecule has 1 atom stereocenters. The second-order valence-corrected chi connectivity index (χ2v) is 7.81. The summed E-state index contributed by atoms with van der Waals surface area (Å²) in [5, 5.41) is 8.74. The fourth-order valence-corrected chi connectivity index (χ4v) is 4.12. The largest absolute Gasteiger partial charge is 0.393 e. The van der Waals surface area contributed by atoms with Crippen molar-refractivity contribution >= 4 is 39.2 Å². The van der Waals surface area contributed by atoms with Crippen LogP contribution in [0.15, 0.2) is 36.4 Å². The Morgan fingerprint density at radius 3 is 2.79 bits per heavy atom. The van der Waals surface area contributed by atoms with Gasteiger partial charge in [-0.25, -0.2) is 4.98 Å². The van der Waals surface area contributed by atoms with Crippen molar-refractivity contribution < 1.29 is 13.2 Å². The molecule has 5 nitrogen and oxygen atoms in total. The van der Waals surface area contributed by atoms with Crippen LogP contribution in [0.4, 0.5) is 18.9 Å². The molecule has 2 N–H and O–H groups in total. The minimum Gasteiger partial charge on any atom is -0.371 e. The van der Waals surface area contributed by atoms with E-state index in [1.54, 1.807) is 11.0 Å². The van der Waals surface area contributed by atoms with Crippen molar-refractivity contribution in [2.75, 3.05) is 18.0 Å². The lowest BCUT2D eigenvalue weighted by molar-refractivity contribution is -0.175. The van der Waals surface area contributed by atoms with Gasteiger partial charge in [-0.2, -0.15) is 18.3 Å². The van der Waals surface area contributed by atoms with E-state index in [0.29, 0.717) is 29.5 Å². The van der Waals surface area contributed by atoms with Gasteiger partial charge < -0.3 is 9.88 Å². The number of aromatic amines is 2. The molecule has 9 heteroatoms. The van der Waals surface area contributed by atoms with E-state index >= 15 is 0 Å². The summed E-state index contributed by atoms with van der Waals surface area (Å²) in [6.45, 7) is 0.597. The molecule has 1 aliphatic heterocycles. The minimum atomic E-state index is -4.16. The van der Waals surface area contributed by atoms with Gasteiger partial charge in [0, 0.05) is 29.2 Å². The molecule has 0 aliphatic carbocycles. The van der Waals surface area contributed by atoms with E-state index in [2.05, 4.69) is 20.2 Å². The van der Waals surface area contributed by atoms with Gasteiger partial charge in [0.15, 0.2) is 5.82 Å². The molecular weight excluding hydrogens is 403 g/mol. The monoisotopic (exact) mass is 419 g/mol. The number of aromatic nitrogens is 4. The predicted molar refractivity (Wildman–Crippen MR) is 107 cm³/mol. The Hall–Kier alpha value is -2.74. The summed E-state index contributed by atoms with van der Waals surface area (Å²) in [4.78, 5) is 9.64. The van der Waals surface area contributed by atoms with Gasteiger partial charge in [0.1, 0.15) is 5.69 Å². The van der Waals surface area contributed by atoms with Gasteiger partial charge in [-0.3, -0.25) is 5.10 Å². The maximum Gasteiger partial charge on any atom is 0.393 e. The summed E-state index contributed by atoms with van der Waals surface area (Å²) in [6, 6.07) is 11.0. The van der Waals surface area contributed by atoms with E-state index in [-0.39, 0.29) is 13.0 Å². The highest BCUT2D eigenvalue weighted by atomic mass is 35.5. The third-order valence-corrected chi connectivity index (χ3v) is 5.70. The number of hydrogen-bond donors (Lipinski definition) is 2. The van der Waals surface area contributed by atoms with Gasteiger partial charge in [-0.15, -0.1) is 0 Å². The Morgan fingerprint density at radius 2 is 1.97 bits per heavy atom. The van der Waals surface area contributed by atoms with E-state index in [9.17, 15) is 13.2 Å². The van der Waals surface area contributed by atoms with Crippen LogP contribution < -0.4 is 4.90 Å². The quantitative estimate of drug-likeness (QED) is 0.448. The molecule has 0 amide bonds. The molecule has 1 unspecified atom stereocenters. The number of nitrogens with zero attached hydrogens (tertiary/aromatic N) is 3. The number of anilines is 1. The van der Waals surface area contributed by atoms with Crippen LogP contribution >= 0.6 is 11.6 Å². The SMILES string of the molecule is FC(F)(F)C1CCCN(c2ccc3nc(-c4n[nH]c5ccc(Cl)cc45)[nH]c3c2)C1. The Labute approximate surface area is 168 Å². The standard InChI is InChI=1S/C20H17ClF3N5/c21-12-3-5-15-14(8-12)18(28-27-15)19-25-16-6-4-13(9-17(16)26-19)29-7-1-2-11(10-29)20(22,23)24/h3-6,8-9,11H,1-2,7,10H2,(H,25,26)(H,27,28). The van der Waals surface area contributed by atoms with Crippen LogP contribution in [0.3, 0.4) is 0 Å². The maximum absolute atomic E-state index is 13.1. The van der Waals surface area contributed by atoms with Crippen molar-refractivity contribution in [3.05, 3.63) is 41.4 Å². The first kappa shape index (κ1) is 18.3. The highest BCUT2D eigenvalue weighted by molar-refractivity contribution is 6.31. The minimum absolute atomic E-state index is 0.0154. The van der Waals surface area contributed by atoms with Crippen LogP contribution in [-0.4, -0.2) is 39.4 Å². The summed E-state index contributed by atoms with van der Waals surface area (Å²) in [6.07, 6.45) is -3.45. The van der Waals surface area contributed by atoms with Gasteiger partial charge in [0.05, 0.1) is 22.5 Å². The van der Waals surface area contributed by atoms with Crippen LogP contribution in [0.25, 0.3) is 33.5 Å². The summed E-state index contributed by atoms with van der Waals surface area (Å²) in [5.74, 6) is -0.707. The predicted octanol–water partition coefficient (Wildman–Crippen LogP) is 5.54. The van der Waals surface area contributed by atoms with Crippen molar-refractivity contribution in [1.82, 2.24) is 20.2 Å². The lowest BCUT2D eigenvalue weighted by Crippen LogP contribution is -2.41. The number of H-pyrrole nitrogens is 2. The molecule has 150 valence electrons. The van der Waals surface area contributed by atoms with E-state index in [1.165, 1.54) is 0 Å². The van der Waals surface area contributed by atoms with Gasteiger partial charge in [-0.05, 0) is 49.2 Å². The number of rotatable bonds is 2. The van der Waals surface area contributed by atoms with Gasteiger partial charge in [0.25, 0.3) is 0 Å². The zero-order chi connectivity index (χ0) is 20.2. The molecule has 0 spiro atoms. The highest BCUT2D eigenvalue weighted by Gasteiger charge is 2.41. The Morgan fingerprint density at radius 1 is 1.10 bits per heavy atom. The molecule has 5 rings (SSSR count). The summed E-state index contributed by atoms with van der Waals surface area (Å²) in [5.41, 5.74) is 3.74. The third-order valence-electron chi connectivity index (χ3n) is 5.46. The zero-order valence-electron chi connectivity index (χ0n) is 15.2. The van der Waals surface area contributed by atoms with Crippen LogP contribution in [0.1, 0.15) is 12.8 Å². The van der Waals surface area contributed by atoms with Crippen molar-refractivity contribution in [2.24, 2.45) is 5.92 Å². The second-order valence-electron chi connectivity index (χ2n) is 7.38. The molecule has 2 aromatic carbocycles. The molecule has 29 heavy (non-hydrogen) atoms. The van der Waals surface area contributed by atoms with Crippen LogP contribution in [0, 0.1) is 5.92 Å². The van der Waals surface area contributed by atoms with E-state index < -0.39 is 12.1 Å². The smallest absolute Gasteiger partial charge is 0.371 e. The average Bonchev–Trinajstić information content (AvgIpc) is 3.30. The summed E-state index contributed by atoms with van der Waals surface area (Å²) in [7, 11) is 0. The number of alkyl halides is 3. The van der Waals surface area contributed by atoms with Crippen LogP contribution in [-0.2, 0) is 0 Å². The maximum atomic E-state index is 13.1. The first-order chi connectivity index (χ1) is 13.9. The Kier molecular flexibility index (Phi) is 4.20.